The van der Waals surface area contributed by atoms with Crippen LogP contribution in [-0.4, -0.2) is 133 Å². The van der Waals surface area contributed by atoms with Gasteiger partial charge in [-0.15, -0.1) is 0 Å². The van der Waals surface area contributed by atoms with Gasteiger partial charge in [0.1, 0.15) is 23.8 Å². The Morgan fingerprint density at radius 2 is 1.22 bits per heavy atom. The first-order valence-electron chi connectivity index (χ1n) is 19.7. The van der Waals surface area contributed by atoms with E-state index in [1.54, 1.807) is 37.5 Å². The van der Waals surface area contributed by atoms with Crippen molar-refractivity contribution in [2.75, 3.05) is 78.4 Å². The Bertz CT molecular complexity index is 1950. The lowest BCUT2D eigenvalue weighted by molar-refractivity contribution is -0.179. The van der Waals surface area contributed by atoms with Crippen molar-refractivity contribution in [2.45, 2.75) is 77.4 Å². The molecule has 2 aromatic rings. The van der Waals surface area contributed by atoms with Crippen molar-refractivity contribution in [3.63, 3.8) is 0 Å². The fraction of sp³-hybridized carbons (Fsp3) is 0.524. The Balaban J connectivity index is 0.000000226. The molecule has 2 atom stereocenters. The number of benzene rings is 2. The second-order valence-electron chi connectivity index (χ2n) is 15.2. The number of amides is 4. The lowest BCUT2D eigenvalue weighted by Crippen LogP contribution is -2.33. The van der Waals surface area contributed by atoms with E-state index in [4.69, 9.17) is 18.9 Å². The molecular weight excluding hydrogens is 786 g/mol. The van der Waals surface area contributed by atoms with Crippen LogP contribution in [0.25, 0.3) is 0 Å². The summed E-state index contributed by atoms with van der Waals surface area (Å²) in [6, 6.07) is 5.60. The van der Waals surface area contributed by atoms with Gasteiger partial charge in [-0.2, -0.15) is 0 Å². The number of fused-ring (bicyclic) bond motifs is 2. The number of halogens is 2. The average molecular weight is 843 g/mol. The predicted molar refractivity (Wildman–Crippen MR) is 218 cm³/mol. The van der Waals surface area contributed by atoms with Gasteiger partial charge in [-0.3, -0.25) is 33.9 Å². The van der Waals surface area contributed by atoms with Gasteiger partial charge in [-0.25, -0.2) is 18.4 Å². The van der Waals surface area contributed by atoms with Crippen LogP contribution in [0.5, 0.6) is 0 Å². The van der Waals surface area contributed by atoms with E-state index in [9.17, 15) is 37.5 Å². The Hall–Kier alpha value is -5.46. The SMILES string of the molecule is CC(=O)NC[C@H]1CN(c2cc3c(cc2F)C(=O)/C(=C/N(C)C)CCC3)C(=O)O1.CC(=O)NC[C@H]1CN(c2cc3c(cc2F)C(=O)CCCC3)C(=O)O1.COC(OC)N(C)C. The normalized spacial score (nSPS) is 19.3. The van der Waals surface area contributed by atoms with E-state index in [0.29, 0.717) is 42.4 Å². The van der Waals surface area contributed by atoms with Crippen molar-refractivity contribution < 1.29 is 56.5 Å². The van der Waals surface area contributed by atoms with Gasteiger partial charge in [-0.1, -0.05) is 0 Å². The van der Waals surface area contributed by atoms with Gasteiger partial charge in [0.05, 0.1) is 37.6 Å². The molecule has 2 fully saturated rings. The summed E-state index contributed by atoms with van der Waals surface area (Å²) in [5.41, 5.74) is 3.12. The maximum atomic E-state index is 14.8. The number of ether oxygens (including phenoxy) is 4. The van der Waals surface area contributed by atoms with E-state index in [0.717, 1.165) is 30.4 Å². The molecule has 328 valence electrons. The number of ketones is 2. The lowest BCUT2D eigenvalue weighted by atomic mass is 9.99. The highest BCUT2D eigenvalue weighted by Crippen LogP contribution is 2.33. The number of cyclic esters (lactones) is 2. The molecule has 4 aliphatic rings. The van der Waals surface area contributed by atoms with Gasteiger partial charge in [0.25, 0.3) is 0 Å². The molecule has 0 radical (unpaired) electrons. The standard InChI is InChI=1S/C20H24FN3O4.C17H19FN2O4.C5H13NO2/c1-12(25)22-9-15-11-24(20(27)28-15)18-7-13-5-4-6-14(10-23(2)3)19(26)16(13)8-17(18)21;1-10(21)19-8-12-9-20(17(23)24-12)15-6-11-4-2-3-5-16(22)13(11)7-14(15)18;1-6(2)5(7-3)8-4/h7-8,10,15H,4-6,9,11H2,1-3H3,(H,22,25);6-7,12H,2-5,8-9H2,1H3,(H,19,21);5H,1-4H3/b14-10+;;/t15-;12-;/m00./s1. The Kier molecular flexibility index (Phi) is 17.1. The first-order valence-corrected chi connectivity index (χ1v) is 19.7. The molecule has 2 saturated heterocycles. The molecular formula is C42H56F2N6O10. The summed E-state index contributed by atoms with van der Waals surface area (Å²) in [5, 5.41) is 5.16. The van der Waals surface area contributed by atoms with Crippen LogP contribution in [0.3, 0.4) is 0 Å². The van der Waals surface area contributed by atoms with E-state index in [-0.39, 0.29) is 67.3 Å². The second-order valence-corrected chi connectivity index (χ2v) is 15.2. The summed E-state index contributed by atoms with van der Waals surface area (Å²) in [5.74, 6) is -1.94. The van der Waals surface area contributed by atoms with Crippen molar-refractivity contribution >= 4 is 46.9 Å². The molecule has 2 N–H and O–H groups in total. The van der Waals surface area contributed by atoms with Gasteiger partial charge in [-0.05, 0) is 88.0 Å². The molecule has 2 aliphatic heterocycles. The number of nitrogens with one attached hydrogen (secondary N) is 2. The Morgan fingerprint density at radius 1 is 0.750 bits per heavy atom. The second kappa shape index (κ2) is 21.7. The minimum atomic E-state index is -0.664. The molecule has 2 aliphatic carbocycles. The van der Waals surface area contributed by atoms with Crippen LogP contribution in [0.4, 0.5) is 29.7 Å². The third-order valence-electron chi connectivity index (χ3n) is 9.90. The molecule has 16 nitrogen and oxygen atoms in total. The molecule has 4 amide bonds. The summed E-state index contributed by atoms with van der Waals surface area (Å²) >= 11 is 0. The zero-order valence-electron chi connectivity index (χ0n) is 35.5. The highest BCUT2D eigenvalue weighted by atomic mass is 19.1. The maximum Gasteiger partial charge on any atom is 0.414 e. The largest absolute Gasteiger partial charge is 0.442 e. The van der Waals surface area contributed by atoms with Crippen molar-refractivity contribution in [1.82, 2.24) is 20.4 Å². The van der Waals surface area contributed by atoms with Gasteiger partial charge >= 0.3 is 12.2 Å². The monoisotopic (exact) mass is 842 g/mol. The zero-order chi connectivity index (χ0) is 44.3. The number of carbonyl (C=O) groups excluding carboxylic acids is 6. The number of nitrogens with zero attached hydrogens (tertiary/aromatic N) is 4. The molecule has 60 heavy (non-hydrogen) atoms. The minimum Gasteiger partial charge on any atom is -0.442 e. The highest BCUT2D eigenvalue weighted by molar-refractivity contribution is 6.10. The van der Waals surface area contributed by atoms with Crippen LogP contribution in [-0.2, 0) is 41.4 Å². The number of hydrogen-bond acceptors (Lipinski definition) is 12. The number of Topliss-reactive ketones (excluding diaryl/α,β-unsaturated/α-hetero) is 2. The van der Waals surface area contributed by atoms with Gasteiger partial charge in [0.2, 0.25) is 18.2 Å². The summed E-state index contributed by atoms with van der Waals surface area (Å²) < 4.78 is 49.4. The zero-order valence-corrected chi connectivity index (χ0v) is 35.5. The number of rotatable bonds is 10. The quantitative estimate of drug-likeness (QED) is 0.194. The van der Waals surface area contributed by atoms with Crippen LogP contribution in [0.15, 0.2) is 36.0 Å². The van der Waals surface area contributed by atoms with E-state index < -0.39 is 36.0 Å². The van der Waals surface area contributed by atoms with Crippen molar-refractivity contribution in [3.8, 4) is 0 Å². The summed E-state index contributed by atoms with van der Waals surface area (Å²) in [7, 11) is 10.7. The van der Waals surface area contributed by atoms with E-state index in [1.807, 2.05) is 33.1 Å². The number of methoxy groups -OCH3 is 2. The molecule has 0 spiro atoms. The van der Waals surface area contributed by atoms with E-state index in [1.165, 1.54) is 35.8 Å². The Morgan fingerprint density at radius 3 is 1.67 bits per heavy atom. The molecule has 0 saturated carbocycles. The number of allylic oxidation sites excluding steroid dienone is 1. The number of carbonyl (C=O) groups is 6. The van der Waals surface area contributed by atoms with Crippen molar-refractivity contribution in [2.24, 2.45) is 0 Å². The molecule has 0 unspecified atom stereocenters. The van der Waals surface area contributed by atoms with Crippen LogP contribution in [0, 0.1) is 11.6 Å². The molecule has 2 aromatic carbocycles. The summed E-state index contributed by atoms with van der Waals surface area (Å²) in [6.07, 6.45) is 3.93. The van der Waals surface area contributed by atoms with Crippen LogP contribution in [0.1, 0.15) is 77.8 Å². The molecule has 2 heterocycles. The van der Waals surface area contributed by atoms with E-state index >= 15 is 0 Å². The highest BCUT2D eigenvalue weighted by Gasteiger charge is 2.36. The Labute approximate surface area is 349 Å². The topological polar surface area (TPSA) is 176 Å². The van der Waals surface area contributed by atoms with Gasteiger partial charge < -0.3 is 34.5 Å². The van der Waals surface area contributed by atoms with Crippen LogP contribution >= 0.6 is 0 Å². The first kappa shape index (κ1) is 47.2. The van der Waals surface area contributed by atoms with Crippen LogP contribution in [0.2, 0.25) is 0 Å². The molecule has 18 heteroatoms. The first-order chi connectivity index (χ1) is 28.4. The van der Waals surface area contributed by atoms with Gasteiger partial charge in [0.15, 0.2) is 11.6 Å². The average Bonchev–Trinajstić information content (AvgIpc) is 3.64. The maximum absolute atomic E-state index is 14.8. The molecule has 0 aromatic heterocycles. The smallest absolute Gasteiger partial charge is 0.414 e. The fourth-order valence-electron chi connectivity index (χ4n) is 7.12. The minimum absolute atomic E-state index is 0.0551. The van der Waals surface area contributed by atoms with Crippen molar-refractivity contribution in [3.05, 3.63) is 69.9 Å². The predicted octanol–water partition coefficient (Wildman–Crippen LogP) is 4.57. The summed E-state index contributed by atoms with van der Waals surface area (Å²) in [4.78, 5) is 77.2. The number of anilines is 2. The van der Waals surface area contributed by atoms with Crippen molar-refractivity contribution in [1.29, 1.82) is 0 Å². The molecule has 0 bridgehead atoms. The van der Waals surface area contributed by atoms with Gasteiger partial charge in [0, 0.05) is 71.5 Å². The fourth-order valence-corrected chi connectivity index (χ4v) is 7.12. The molecule has 6 rings (SSSR count). The number of hydrogen-bond donors (Lipinski definition) is 2. The number of aryl methyl sites for hydroxylation is 2. The van der Waals surface area contributed by atoms with E-state index in [2.05, 4.69) is 10.6 Å². The van der Waals surface area contributed by atoms with Crippen LogP contribution < -0.4 is 20.4 Å². The third kappa shape index (κ3) is 12.5. The lowest BCUT2D eigenvalue weighted by Gasteiger charge is -2.19. The summed E-state index contributed by atoms with van der Waals surface area (Å²) in [6.45, 7) is 3.38. The third-order valence-corrected chi connectivity index (χ3v) is 9.90.